The van der Waals surface area contributed by atoms with Crippen LogP contribution in [0, 0.1) is 5.41 Å². The van der Waals surface area contributed by atoms with Crippen LogP contribution in [0.3, 0.4) is 0 Å². The van der Waals surface area contributed by atoms with E-state index in [0.717, 1.165) is 12.8 Å². The molecular formula is C18H29N. The maximum atomic E-state index is 6.62. The van der Waals surface area contributed by atoms with Crippen LogP contribution in [0.25, 0.3) is 0 Å². The van der Waals surface area contributed by atoms with Crippen LogP contribution in [-0.2, 0) is 12.8 Å². The average molecular weight is 259 g/mol. The monoisotopic (exact) mass is 259 g/mol. The van der Waals surface area contributed by atoms with E-state index in [0.29, 0.717) is 5.41 Å². The van der Waals surface area contributed by atoms with Gasteiger partial charge in [0.2, 0.25) is 0 Å². The molecule has 106 valence electrons. The molecule has 0 amide bonds. The fraction of sp³-hybridized carbons (Fsp3) is 0.667. The molecule has 1 aliphatic carbocycles. The molecular weight excluding hydrogens is 230 g/mol. The first kappa shape index (κ1) is 14.6. The van der Waals surface area contributed by atoms with Crippen LogP contribution >= 0.6 is 0 Å². The summed E-state index contributed by atoms with van der Waals surface area (Å²) in [6, 6.07) is 7.12. The van der Waals surface area contributed by atoms with Crippen molar-refractivity contribution >= 4 is 0 Å². The Labute approximate surface area is 118 Å². The van der Waals surface area contributed by atoms with Crippen molar-refractivity contribution in [2.75, 3.05) is 0 Å². The largest absolute Gasteiger partial charge is 0.323 e. The van der Waals surface area contributed by atoms with Gasteiger partial charge < -0.3 is 5.73 Å². The molecule has 0 heterocycles. The molecule has 1 saturated carbocycles. The van der Waals surface area contributed by atoms with Crippen LogP contribution in [0.5, 0.6) is 0 Å². The molecule has 0 aromatic heterocycles. The van der Waals surface area contributed by atoms with Gasteiger partial charge in [-0.2, -0.15) is 0 Å². The van der Waals surface area contributed by atoms with Crippen LogP contribution in [0.15, 0.2) is 18.2 Å². The fourth-order valence-electron chi connectivity index (χ4n) is 3.59. The van der Waals surface area contributed by atoms with Gasteiger partial charge in [-0.25, -0.2) is 0 Å². The van der Waals surface area contributed by atoms with Crippen molar-refractivity contribution in [1.29, 1.82) is 0 Å². The first-order chi connectivity index (χ1) is 9.10. The predicted molar refractivity (Wildman–Crippen MR) is 83.3 cm³/mol. The topological polar surface area (TPSA) is 26.0 Å². The third kappa shape index (κ3) is 3.02. The quantitative estimate of drug-likeness (QED) is 0.827. The van der Waals surface area contributed by atoms with Crippen LogP contribution in [0.4, 0.5) is 0 Å². The van der Waals surface area contributed by atoms with E-state index in [-0.39, 0.29) is 6.04 Å². The van der Waals surface area contributed by atoms with Gasteiger partial charge in [0.1, 0.15) is 0 Å². The molecule has 2 rings (SSSR count). The minimum atomic E-state index is 0.198. The Morgan fingerprint density at radius 2 is 1.68 bits per heavy atom. The third-order valence-corrected chi connectivity index (χ3v) is 5.10. The van der Waals surface area contributed by atoms with E-state index in [4.69, 9.17) is 5.73 Å². The van der Waals surface area contributed by atoms with E-state index in [2.05, 4.69) is 39.0 Å². The summed E-state index contributed by atoms with van der Waals surface area (Å²) in [4.78, 5) is 0. The van der Waals surface area contributed by atoms with Crippen LogP contribution in [0.2, 0.25) is 0 Å². The van der Waals surface area contributed by atoms with Crippen molar-refractivity contribution in [3.63, 3.8) is 0 Å². The molecule has 0 spiro atoms. The second-order valence-corrected chi connectivity index (χ2v) is 6.43. The summed E-state index contributed by atoms with van der Waals surface area (Å²) in [5, 5.41) is 0. The van der Waals surface area contributed by atoms with Crippen molar-refractivity contribution < 1.29 is 0 Å². The molecule has 1 nitrogen and oxygen atoms in total. The molecule has 1 aromatic carbocycles. The van der Waals surface area contributed by atoms with Crippen molar-refractivity contribution in [3.05, 3.63) is 34.9 Å². The molecule has 1 atom stereocenters. The van der Waals surface area contributed by atoms with Crippen LogP contribution in [-0.4, -0.2) is 0 Å². The van der Waals surface area contributed by atoms with E-state index in [1.807, 2.05) is 0 Å². The Morgan fingerprint density at radius 3 is 2.26 bits per heavy atom. The van der Waals surface area contributed by atoms with E-state index in [1.54, 1.807) is 0 Å². The molecule has 1 aromatic rings. The number of benzene rings is 1. The summed E-state index contributed by atoms with van der Waals surface area (Å²) in [7, 11) is 0. The van der Waals surface area contributed by atoms with E-state index >= 15 is 0 Å². The molecule has 0 aliphatic heterocycles. The maximum Gasteiger partial charge on any atom is 0.0349 e. The average Bonchev–Trinajstić information content (AvgIpc) is 2.46. The van der Waals surface area contributed by atoms with Gasteiger partial charge in [-0.05, 0) is 47.8 Å². The third-order valence-electron chi connectivity index (χ3n) is 5.10. The van der Waals surface area contributed by atoms with E-state index in [9.17, 15) is 0 Å². The van der Waals surface area contributed by atoms with Crippen molar-refractivity contribution in [2.45, 2.75) is 71.8 Å². The van der Waals surface area contributed by atoms with Gasteiger partial charge in [0, 0.05) is 6.04 Å². The Kier molecular flexibility index (Phi) is 4.67. The smallest absolute Gasteiger partial charge is 0.0349 e. The highest BCUT2D eigenvalue weighted by molar-refractivity contribution is 5.34. The predicted octanol–water partition coefficient (Wildman–Crippen LogP) is 4.78. The van der Waals surface area contributed by atoms with Crippen molar-refractivity contribution in [3.8, 4) is 0 Å². The standard InChI is InChI=1S/C18H29N/c1-4-14-9-10-16(13-15(14)5-2)17(19)18(3)11-7-6-8-12-18/h9-10,13,17H,4-8,11-12,19H2,1-3H3. The molecule has 0 saturated heterocycles. The lowest BCUT2D eigenvalue weighted by atomic mass is 9.69. The molecule has 0 radical (unpaired) electrons. The van der Waals surface area contributed by atoms with Gasteiger partial charge >= 0.3 is 0 Å². The lowest BCUT2D eigenvalue weighted by molar-refractivity contribution is 0.170. The number of hydrogen-bond acceptors (Lipinski definition) is 1. The van der Waals surface area contributed by atoms with E-state index < -0.39 is 0 Å². The second kappa shape index (κ2) is 6.09. The Hall–Kier alpha value is -0.820. The normalized spacial score (nSPS) is 20.2. The minimum absolute atomic E-state index is 0.198. The van der Waals surface area contributed by atoms with E-state index in [1.165, 1.54) is 48.8 Å². The minimum Gasteiger partial charge on any atom is -0.323 e. The molecule has 0 bridgehead atoms. The second-order valence-electron chi connectivity index (χ2n) is 6.43. The van der Waals surface area contributed by atoms with Crippen molar-refractivity contribution in [2.24, 2.45) is 11.1 Å². The summed E-state index contributed by atoms with van der Waals surface area (Å²) in [6.07, 6.45) is 8.87. The molecule has 2 N–H and O–H groups in total. The van der Waals surface area contributed by atoms with Gasteiger partial charge in [-0.15, -0.1) is 0 Å². The Bertz CT molecular complexity index is 416. The van der Waals surface area contributed by atoms with Gasteiger partial charge in [0.05, 0.1) is 0 Å². The zero-order chi connectivity index (χ0) is 13.9. The van der Waals surface area contributed by atoms with Gasteiger partial charge in [-0.3, -0.25) is 0 Å². The highest BCUT2D eigenvalue weighted by Crippen LogP contribution is 2.44. The zero-order valence-electron chi connectivity index (χ0n) is 12.8. The van der Waals surface area contributed by atoms with Crippen LogP contribution < -0.4 is 5.73 Å². The molecule has 1 heteroatoms. The summed E-state index contributed by atoms with van der Waals surface area (Å²) in [5.74, 6) is 0. The van der Waals surface area contributed by atoms with Gasteiger partial charge in [-0.1, -0.05) is 58.2 Å². The van der Waals surface area contributed by atoms with Gasteiger partial charge in [0.25, 0.3) is 0 Å². The molecule has 19 heavy (non-hydrogen) atoms. The number of nitrogens with two attached hydrogens (primary N) is 1. The number of aryl methyl sites for hydroxylation is 2. The molecule has 1 fully saturated rings. The fourth-order valence-corrected chi connectivity index (χ4v) is 3.59. The lowest BCUT2D eigenvalue weighted by Gasteiger charge is -2.39. The highest BCUT2D eigenvalue weighted by atomic mass is 14.7. The Balaban J connectivity index is 2.25. The summed E-state index contributed by atoms with van der Waals surface area (Å²) in [5.41, 5.74) is 11.2. The molecule has 1 unspecified atom stereocenters. The highest BCUT2D eigenvalue weighted by Gasteiger charge is 2.34. The lowest BCUT2D eigenvalue weighted by Crippen LogP contribution is -2.34. The summed E-state index contributed by atoms with van der Waals surface area (Å²) < 4.78 is 0. The van der Waals surface area contributed by atoms with Crippen molar-refractivity contribution in [1.82, 2.24) is 0 Å². The Morgan fingerprint density at radius 1 is 1.05 bits per heavy atom. The maximum absolute atomic E-state index is 6.62. The zero-order valence-corrected chi connectivity index (χ0v) is 12.8. The molecule has 1 aliphatic rings. The number of hydrogen-bond donors (Lipinski definition) is 1. The first-order valence-corrected chi connectivity index (χ1v) is 7.98. The van der Waals surface area contributed by atoms with Gasteiger partial charge in [0.15, 0.2) is 0 Å². The SMILES string of the molecule is CCc1ccc(C(N)C2(C)CCCCC2)cc1CC. The first-order valence-electron chi connectivity index (χ1n) is 7.98. The number of rotatable bonds is 4. The van der Waals surface area contributed by atoms with Crippen LogP contribution in [0.1, 0.15) is 75.6 Å². The summed E-state index contributed by atoms with van der Waals surface area (Å²) in [6.45, 7) is 6.86. The summed E-state index contributed by atoms with van der Waals surface area (Å²) >= 11 is 0.